The van der Waals surface area contributed by atoms with Crippen LogP contribution in [0.4, 0.5) is 5.69 Å². The quantitative estimate of drug-likeness (QED) is 0.851. The second kappa shape index (κ2) is 6.72. The third-order valence-corrected chi connectivity index (χ3v) is 3.15. The van der Waals surface area contributed by atoms with Crippen molar-refractivity contribution in [2.45, 2.75) is 13.3 Å². The Morgan fingerprint density at radius 2 is 2.18 bits per heavy atom. The molecule has 1 atom stereocenters. The van der Waals surface area contributed by atoms with Crippen LogP contribution in [0, 0.1) is 5.92 Å². The van der Waals surface area contributed by atoms with Gasteiger partial charge >= 0.3 is 0 Å². The Morgan fingerprint density at radius 3 is 2.71 bits per heavy atom. The van der Waals surface area contributed by atoms with Crippen LogP contribution in [0.25, 0.3) is 0 Å². The summed E-state index contributed by atoms with van der Waals surface area (Å²) in [4.78, 5) is 2.06. The molecule has 0 saturated heterocycles. The number of ether oxygens (including phenoxy) is 1. The fourth-order valence-corrected chi connectivity index (χ4v) is 1.93. The van der Waals surface area contributed by atoms with Crippen LogP contribution in [0.5, 0.6) is 5.75 Å². The smallest absolute Gasteiger partial charge is 0.142 e. The van der Waals surface area contributed by atoms with Crippen molar-refractivity contribution < 1.29 is 9.84 Å². The molecule has 0 aliphatic carbocycles. The molecule has 4 heteroatoms. The predicted molar refractivity (Wildman–Crippen MR) is 72.1 cm³/mol. The van der Waals surface area contributed by atoms with Crippen LogP contribution in [0.1, 0.15) is 13.3 Å². The summed E-state index contributed by atoms with van der Waals surface area (Å²) < 4.78 is 5.31. The van der Waals surface area contributed by atoms with E-state index in [9.17, 15) is 5.11 Å². The van der Waals surface area contributed by atoms with Gasteiger partial charge < -0.3 is 14.7 Å². The maximum absolute atomic E-state index is 9.22. The monoisotopic (exact) mass is 257 g/mol. The highest BCUT2D eigenvalue weighted by molar-refractivity contribution is 6.30. The van der Waals surface area contributed by atoms with Gasteiger partial charge in [-0.2, -0.15) is 0 Å². The van der Waals surface area contributed by atoms with Gasteiger partial charge in [-0.15, -0.1) is 0 Å². The highest BCUT2D eigenvalue weighted by Gasteiger charge is 2.13. The van der Waals surface area contributed by atoms with Gasteiger partial charge in [-0.3, -0.25) is 0 Å². The molecule has 0 spiro atoms. The molecular formula is C13H20ClNO2. The second-order valence-corrected chi connectivity index (χ2v) is 4.59. The number of methoxy groups -OCH3 is 1. The van der Waals surface area contributed by atoms with Gasteiger partial charge in [0, 0.05) is 25.2 Å². The number of rotatable bonds is 6. The number of hydrogen-bond donors (Lipinski definition) is 1. The number of nitrogens with zero attached hydrogens (tertiary/aromatic N) is 1. The van der Waals surface area contributed by atoms with E-state index in [-0.39, 0.29) is 12.5 Å². The largest absolute Gasteiger partial charge is 0.495 e. The molecule has 96 valence electrons. The van der Waals surface area contributed by atoms with Crippen molar-refractivity contribution in [3.8, 4) is 5.75 Å². The molecule has 0 fully saturated rings. The first-order valence-corrected chi connectivity index (χ1v) is 6.15. The van der Waals surface area contributed by atoms with Gasteiger partial charge in [-0.25, -0.2) is 0 Å². The molecule has 0 aliphatic rings. The third-order valence-electron chi connectivity index (χ3n) is 2.92. The van der Waals surface area contributed by atoms with Crippen molar-refractivity contribution >= 4 is 17.3 Å². The normalized spacial score (nSPS) is 12.3. The number of hydrogen-bond acceptors (Lipinski definition) is 3. The van der Waals surface area contributed by atoms with Crippen molar-refractivity contribution in [1.82, 2.24) is 0 Å². The molecule has 1 unspecified atom stereocenters. The lowest BCUT2D eigenvalue weighted by Gasteiger charge is -2.25. The molecule has 0 aromatic heterocycles. The molecule has 0 saturated carbocycles. The highest BCUT2D eigenvalue weighted by atomic mass is 35.5. The van der Waals surface area contributed by atoms with Crippen molar-refractivity contribution in [3.05, 3.63) is 23.2 Å². The molecule has 0 aliphatic heterocycles. The standard InChI is InChI=1S/C13H20ClNO2/c1-4-10(9-16)8-15(2)12-7-11(14)5-6-13(12)17-3/h5-7,10,16H,4,8-9H2,1-3H3. The van der Waals surface area contributed by atoms with E-state index in [0.29, 0.717) is 5.02 Å². The summed E-state index contributed by atoms with van der Waals surface area (Å²) in [5.74, 6) is 1.06. The summed E-state index contributed by atoms with van der Waals surface area (Å²) in [7, 11) is 3.62. The summed E-state index contributed by atoms with van der Waals surface area (Å²) in [5.41, 5.74) is 0.951. The summed E-state index contributed by atoms with van der Waals surface area (Å²) in [6.07, 6.45) is 0.948. The summed E-state index contributed by atoms with van der Waals surface area (Å²) in [6, 6.07) is 5.54. The minimum Gasteiger partial charge on any atom is -0.495 e. The first kappa shape index (κ1) is 14.1. The lowest BCUT2D eigenvalue weighted by Crippen LogP contribution is -2.27. The number of halogens is 1. The Kier molecular flexibility index (Phi) is 5.59. The van der Waals surface area contributed by atoms with Crippen LogP contribution < -0.4 is 9.64 Å². The minimum absolute atomic E-state index is 0.198. The van der Waals surface area contributed by atoms with E-state index in [2.05, 4.69) is 11.8 Å². The Morgan fingerprint density at radius 1 is 1.47 bits per heavy atom. The van der Waals surface area contributed by atoms with Crippen molar-refractivity contribution in [2.24, 2.45) is 5.92 Å². The molecule has 1 rings (SSSR count). The van der Waals surface area contributed by atoms with Crippen molar-refractivity contribution in [3.63, 3.8) is 0 Å². The van der Waals surface area contributed by atoms with Crippen LogP contribution in [-0.4, -0.2) is 32.4 Å². The van der Waals surface area contributed by atoms with Gasteiger partial charge in [-0.1, -0.05) is 18.5 Å². The Hall–Kier alpha value is -0.930. The van der Waals surface area contributed by atoms with Crippen LogP contribution in [0.2, 0.25) is 5.02 Å². The highest BCUT2D eigenvalue weighted by Crippen LogP contribution is 2.30. The molecule has 1 aromatic carbocycles. The minimum atomic E-state index is 0.198. The van der Waals surface area contributed by atoms with E-state index in [1.165, 1.54) is 0 Å². The summed E-state index contributed by atoms with van der Waals surface area (Å²) >= 11 is 5.99. The first-order valence-electron chi connectivity index (χ1n) is 5.77. The average molecular weight is 258 g/mol. The number of aliphatic hydroxyl groups is 1. The van der Waals surface area contributed by atoms with Gasteiger partial charge in [0.25, 0.3) is 0 Å². The van der Waals surface area contributed by atoms with Crippen LogP contribution in [0.15, 0.2) is 18.2 Å². The van der Waals surface area contributed by atoms with E-state index in [1.54, 1.807) is 13.2 Å². The molecule has 0 radical (unpaired) electrons. The van der Waals surface area contributed by atoms with E-state index >= 15 is 0 Å². The summed E-state index contributed by atoms with van der Waals surface area (Å²) in [6.45, 7) is 3.05. The fraction of sp³-hybridized carbons (Fsp3) is 0.538. The maximum atomic E-state index is 9.22. The van der Waals surface area contributed by atoms with Gasteiger partial charge in [0.1, 0.15) is 5.75 Å². The van der Waals surface area contributed by atoms with Crippen LogP contribution >= 0.6 is 11.6 Å². The molecule has 0 heterocycles. The van der Waals surface area contributed by atoms with E-state index in [0.717, 1.165) is 24.4 Å². The van der Waals surface area contributed by atoms with Crippen molar-refractivity contribution in [1.29, 1.82) is 0 Å². The van der Waals surface area contributed by atoms with E-state index in [1.807, 2.05) is 19.2 Å². The fourth-order valence-electron chi connectivity index (χ4n) is 1.76. The molecule has 1 aromatic rings. The molecule has 3 nitrogen and oxygen atoms in total. The van der Waals surface area contributed by atoms with Gasteiger partial charge in [0.2, 0.25) is 0 Å². The Labute approximate surface area is 108 Å². The maximum Gasteiger partial charge on any atom is 0.142 e. The van der Waals surface area contributed by atoms with Crippen LogP contribution in [0.3, 0.4) is 0 Å². The molecular weight excluding hydrogens is 238 g/mol. The molecule has 1 N–H and O–H groups in total. The van der Waals surface area contributed by atoms with E-state index in [4.69, 9.17) is 16.3 Å². The number of aliphatic hydroxyl groups excluding tert-OH is 1. The number of benzene rings is 1. The first-order chi connectivity index (χ1) is 8.12. The van der Waals surface area contributed by atoms with Gasteiger partial charge in [-0.05, 0) is 30.5 Å². The average Bonchev–Trinajstić information content (AvgIpc) is 2.35. The van der Waals surface area contributed by atoms with Gasteiger partial charge in [0.15, 0.2) is 0 Å². The summed E-state index contributed by atoms with van der Waals surface area (Å²) in [5, 5.41) is 9.90. The van der Waals surface area contributed by atoms with Crippen LogP contribution in [-0.2, 0) is 0 Å². The zero-order valence-electron chi connectivity index (χ0n) is 10.6. The molecule has 0 bridgehead atoms. The number of anilines is 1. The SMILES string of the molecule is CCC(CO)CN(C)c1cc(Cl)ccc1OC. The topological polar surface area (TPSA) is 32.7 Å². The van der Waals surface area contributed by atoms with Gasteiger partial charge in [0.05, 0.1) is 12.8 Å². The van der Waals surface area contributed by atoms with E-state index < -0.39 is 0 Å². The second-order valence-electron chi connectivity index (χ2n) is 4.15. The molecule has 17 heavy (non-hydrogen) atoms. The zero-order valence-corrected chi connectivity index (χ0v) is 11.4. The lowest BCUT2D eigenvalue weighted by atomic mass is 10.1. The predicted octanol–water partition coefficient (Wildman–Crippen LogP) is 2.80. The lowest BCUT2D eigenvalue weighted by molar-refractivity contribution is 0.225. The Balaban J connectivity index is 2.86. The third kappa shape index (κ3) is 3.79. The zero-order chi connectivity index (χ0) is 12.8. The molecule has 0 amide bonds. The Bertz CT molecular complexity index is 353. The van der Waals surface area contributed by atoms with Crippen molar-refractivity contribution in [2.75, 3.05) is 32.2 Å².